The maximum atomic E-state index is 10.4. The summed E-state index contributed by atoms with van der Waals surface area (Å²) in [6.45, 7) is 0.261. The lowest BCUT2D eigenvalue weighted by molar-refractivity contribution is -0.0579. The van der Waals surface area contributed by atoms with Crippen molar-refractivity contribution in [2.45, 2.75) is 43.4 Å². The molecule has 0 radical (unpaired) electrons. The highest BCUT2D eigenvalue weighted by Crippen LogP contribution is 2.45. The van der Waals surface area contributed by atoms with Crippen molar-refractivity contribution >= 4 is 16.9 Å². The Morgan fingerprint density at radius 2 is 1.94 bits per heavy atom. The quantitative estimate of drug-likeness (QED) is 0.444. The molecule has 2 aromatic carbocycles. The molecule has 4 aromatic rings. The molecule has 1 unspecified atom stereocenters. The predicted octanol–water partition coefficient (Wildman–Crippen LogP) is 3.77. The fourth-order valence-corrected chi connectivity index (χ4v) is 5.23. The SMILES string of the molecule is NCC1(O)CC(n2cc(-c3ccc4c(c3)OC(c3ccccc3)CC4)c3c(N)ncnc32)C1. The van der Waals surface area contributed by atoms with Crippen LogP contribution in [-0.2, 0) is 6.42 Å². The van der Waals surface area contributed by atoms with Gasteiger partial charge in [-0.05, 0) is 48.4 Å². The van der Waals surface area contributed by atoms with Gasteiger partial charge in [0, 0.05) is 24.3 Å². The Hall–Kier alpha value is -3.42. The lowest BCUT2D eigenvalue weighted by atomic mass is 9.75. The minimum atomic E-state index is -0.799. The Labute approximate surface area is 192 Å². The molecule has 168 valence electrons. The second kappa shape index (κ2) is 7.57. The molecule has 3 heterocycles. The number of aliphatic hydroxyl groups is 1. The predicted molar refractivity (Wildman–Crippen MR) is 128 cm³/mol. The maximum absolute atomic E-state index is 10.4. The van der Waals surface area contributed by atoms with Gasteiger partial charge >= 0.3 is 0 Å². The minimum Gasteiger partial charge on any atom is -0.485 e. The molecule has 2 aromatic heterocycles. The van der Waals surface area contributed by atoms with Gasteiger partial charge < -0.3 is 25.9 Å². The average Bonchev–Trinajstić information content (AvgIpc) is 3.22. The molecule has 0 bridgehead atoms. The molecular weight excluding hydrogens is 414 g/mol. The van der Waals surface area contributed by atoms with Crippen LogP contribution in [0.2, 0.25) is 0 Å². The molecule has 1 aliphatic heterocycles. The third kappa shape index (κ3) is 3.35. The zero-order chi connectivity index (χ0) is 22.6. The first-order valence-electron chi connectivity index (χ1n) is 11.4. The van der Waals surface area contributed by atoms with Gasteiger partial charge in [-0.1, -0.05) is 42.5 Å². The summed E-state index contributed by atoms with van der Waals surface area (Å²) in [6.07, 6.45) is 6.75. The Morgan fingerprint density at radius 1 is 1.12 bits per heavy atom. The van der Waals surface area contributed by atoms with Gasteiger partial charge in [0.1, 0.15) is 29.6 Å². The number of ether oxygens (including phenoxy) is 1. The number of hydrogen-bond acceptors (Lipinski definition) is 6. The number of hydrogen-bond donors (Lipinski definition) is 3. The van der Waals surface area contributed by atoms with Crippen LogP contribution in [0.15, 0.2) is 61.1 Å². The molecule has 0 spiro atoms. The van der Waals surface area contributed by atoms with Gasteiger partial charge in [-0.25, -0.2) is 9.97 Å². The van der Waals surface area contributed by atoms with E-state index in [9.17, 15) is 5.11 Å². The van der Waals surface area contributed by atoms with Gasteiger partial charge in [0.2, 0.25) is 0 Å². The Bertz CT molecular complexity index is 1330. The highest BCUT2D eigenvalue weighted by atomic mass is 16.5. The largest absolute Gasteiger partial charge is 0.485 e. The number of aromatic nitrogens is 3. The van der Waals surface area contributed by atoms with Crippen molar-refractivity contribution in [2.24, 2.45) is 5.73 Å². The molecular formula is C26H27N5O2. The van der Waals surface area contributed by atoms with E-state index in [0.717, 1.165) is 40.8 Å². The minimum absolute atomic E-state index is 0.0487. The van der Waals surface area contributed by atoms with E-state index in [0.29, 0.717) is 18.7 Å². The topological polar surface area (TPSA) is 112 Å². The van der Waals surface area contributed by atoms with Gasteiger partial charge in [0.05, 0.1) is 11.0 Å². The second-order valence-corrected chi connectivity index (χ2v) is 9.28. The van der Waals surface area contributed by atoms with Crippen LogP contribution < -0.4 is 16.2 Å². The zero-order valence-electron chi connectivity index (χ0n) is 18.3. The molecule has 0 saturated heterocycles. The van der Waals surface area contributed by atoms with E-state index >= 15 is 0 Å². The van der Waals surface area contributed by atoms with Crippen LogP contribution in [-0.4, -0.2) is 31.8 Å². The van der Waals surface area contributed by atoms with Crippen LogP contribution in [0, 0.1) is 0 Å². The zero-order valence-corrected chi connectivity index (χ0v) is 18.3. The van der Waals surface area contributed by atoms with Gasteiger partial charge in [0.25, 0.3) is 0 Å². The van der Waals surface area contributed by atoms with Crippen molar-refractivity contribution in [3.05, 3.63) is 72.2 Å². The van der Waals surface area contributed by atoms with E-state index in [4.69, 9.17) is 16.2 Å². The summed E-state index contributed by atoms with van der Waals surface area (Å²) < 4.78 is 8.55. The van der Waals surface area contributed by atoms with Crippen molar-refractivity contribution in [1.82, 2.24) is 14.5 Å². The summed E-state index contributed by atoms with van der Waals surface area (Å²) in [5, 5.41) is 11.3. The average molecular weight is 442 g/mol. The maximum Gasteiger partial charge on any atom is 0.146 e. The first kappa shape index (κ1) is 20.2. The number of nitrogen functional groups attached to an aromatic ring is 1. The van der Waals surface area contributed by atoms with E-state index in [1.807, 2.05) is 6.07 Å². The first-order chi connectivity index (χ1) is 16.0. The number of nitrogens with zero attached hydrogens (tertiary/aromatic N) is 3. The van der Waals surface area contributed by atoms with E-state index < -0.39 is 5.60 Å². The summed E-state index contributed by atoms with van der Waals surface area (Å²) >= 11 is 0. The van der Waals surface area contributed by atoms with Crippen LogP contribution in [0.25, 0.3) is 22.2 Å². The van der Waals surface area contributed by atoms with Gasteiger partial charge in [-0.2, -0.15) is 0 Å². The van der Waals surface area contributed by atoms with Gasteiger partial charge in [-0.15, -0.1) is 0 Å². The lowest BCUT2D eigenvalue weighted by Gasteiger charge is -2.43. The van der Waals surface area contributed by atoms with Crippen LogP contribution in [0.5, 0.6) is 5.75 Å². The second-order valence-electron chi connectivity index (χ2n) is 9.28. The molecule has 1 fully saturated rings. The van der Waals surface area contributed by atoms with Crippen molar-refractivity contribution < 1.29 is 9.84 Å². The summed E-state index contributed by atoms with van der Waals surface area (Å²) in [5.41, 5.74) is 16.4. The number of nitrogens with two attached hydrogens (primary N) is 2. The van der Waals surface area contributed by atoms with E-state index in [-0.39, 0.29) is 18.7 Å². The fourth-order valence-electron chi connectivity index (χ4n) is 5.23. The molecule has 33 heavy (non-hydrogen) atoms. The summed E-state index contributed by atoms with van der Waals surface area (Å²) in [6, 6.07) is 16.9. The van der Waals surface area contributed by atoms with Crippen LogP contribution in [0.4, 0.5) is 5.82 Å². The first-order valence-corrected chi connectivity index (χ1v) is 11.4. The molecule has 1 atom stereocenters. The number of fused-ring (bicyclic) bond motifs is 2. The molecule has 7 heteroatoms. The number of aryl methyl sites for hydroxylation is 1. The third-order valence-electron chi connectivity index (χ3n) is 7.14. The number of benzene rings is 2. The van der Waals surface area contributed by atoms with E-state index in [2.05, 4.69) is 63.2 Å². The summed E-state index contributed by atoms with van der Waals surface area (Å²) in [4.78, 5) is 8.78. The molecule has 6 rings (SSSR count). The molecule has 2 aliphatic rings. The van der Waals surface area contributed by atoms with Crippen LogP contribution >= 0.6 is 0 Å². The molecule has 0 amide bonds. The summed E-state index contributed by atoms with van der Waals surface area (Å²) in [5.74, 6) is 1.35. The Morgan fingerprint density at radius 3 is 2.73 bits per heavy atom. The molecule has 1 aliphatic carbocycles. The standard InChI is InChI=1S/C26H27N5O2/c27-14-26(32)11-19(12-26)31-13-20(23-24(28)29-15-30-25(23)31)18-7-6-17-8-9-21(33-22(17)10-18)16-4-2-1-3-5-16/h1-7,10,13,15,19,21,32H,8-9,11-12,14,27H2,(H2,28,29,30). The normalized spacial score (nSPS) is 24.2. The van der Waals surface area contributed by atoms with Crippen LogP contribution in [0.3, 0.4) is 0 Å². The van der Waals surface area contributed by atoms with Crippen LogP contribution in [0.1, 0.15) is 42.5 Å². The van der Waals surface area contributed by atoms with E-state index in [1.54, 1.807) is 0 Å². The number of rotatable bonds is 4. The van der Waals surface area contributed by atoms with E-state index in [1.165, 1.54) is 17.5 Å². The van der Waals surface area contributed by atoms with Crippen molar-refractivity contribution in [2.75, 3.05) is 12.3 Å². The van der Waals surface area contributed by atoms with Crippen molar-refractivity contribution in [3.8, 4) is 16.9 Å². The highest BCUT2D eigenvalue weighted by Gasteiger charge is 2.43. The fraction of sp³-hybridized carbons (Fsp3) is 0.308. The van der Waals surface area contributed by atoms with Crippen molar-refractivity contribution in [1.29, 1.82) is 0 Å². The van der Waals surface area contributed by atoms with Gasteiger partial charge in [0.15, 0.2) is 0 Å². The molecule has 5 N–H and O–H groups in total. The smallest absolute Gasteiger partial charge is 0.146 e. The number of anilines is 1. The third-order valence-corrected chi connectivity index (χ3v) is 7.14. The molecule has 1 saturated carbocycles. The Kier molecular flexibility index (Phi) is 4.64. The van der Waals surface area contributed by atoms with Gasteiger partial charge in [-0.3, -0.25) is 0 Å². The Balaban J connectivity index is 1.40. The summed E-state index contributed by atoms with van der Waals surface area (Å²) in [7, 11) is 0. The highest BCUT2D eigenvalue weighted by molar-refractivity contribution is 6.00. The lowest BCUT2D eigenvalue weighted by Crippen LogP contribution is -2.50. The monoisotopic (exact) mass is 441 g/mol. The van der Waals surface area contributed by atoms with Crippen molar-refractivity contribution in [3.63, 3.8) is 0 Å². The molecule has 7 nitrogen and oxygen atoms in total.